The Morgan fingerprint density at radius 2 is 2.12 bits per heavy atom. The first-order valence-electron chi connectivity index (χ1n) is 5.07. The maximum Gasteiger partial charge on any atom is 0.224 e. The molecule has 0 aliphatic carbocycles. The van der Waals surface area contributed by atoms with Crippen molar-refractivity contribution < 1.29 is 0 Å². The molecule has 1 aliphatic rings. The second kappa shape index (κ2) is 3.87. The predicted molar refractivity (Wildman–Crippen MR) is 66.6 cm³/mol. The Kier molecular flexibility index (Phi) is 2.68. The Morgan fingerprint density at radius 3 is 2.75 bits per heavy atom. The lowest BCUT2D eigenvalue weighted by atomic mass is 10.2. The molecule has 1 aromatic rings. The van der Waals surface area contributed by atoms with Crippen LogP contribution in [-0.4, -0.2) is 21.7 Å². The number of allylic oxidation sites excluding steroid dienone is 1. The summed E-state index contributed by atoms with van der Waals surface area (Å²) < 4.78 is 0. The first-order chi connectivity index (χ1) is 7.50. The fourth-order valence-electron chi connectivity index (χ4n) is 1.71. The highest BCUT2D eigenvalue weighted by Gasteiger charge is 2.25. The zero-order chi connectivity index (χ0) is 11.9. The number of rotatable bonds is 1. The molecule has 0 aromatic carbocycles. The number of fused-ring (bicyclic) bond motifs is 1. The lowest BCUT2D eigenvalue weighted by molar-refractivity contribution is 0.753. The molecular weight excluding hydrogens is 224 g/mol. The molecule has 0 fully saturated rings. The van der Waals surface area contributed by atoms with E-state index < -0.39 is 0 Å². The Hall–Kier alpha value is -1.42. The lowest BCUT2D eigenvalue weighted by Crippen LogP contribution is -2.35. The highest BCUT2D eigenvalue weighted by Crippen LogP contribution is 2.35. The molecule has 0 saturated carbocycles. The molecule has 0 spiro atoms. The number of nitrogens with zero attached hydrogens (tertiary/aromatic N) is 4. The Labute approximate surface area is 99.7 Å². The van der Waals surface area contributed by atoms with Gasteiger partial charge in [-0.1, -0.05) is 6.58 Å². The molecule has 84 valence electrons. The number of anilines is 1. The second-order valence-corrected chi connectivity index (χ2v) is 4.29. The molecule has 1 aromatic heterocycles. The Balaban J connectivity index is 2.62. The summed E-state index contributed by atoms with van der Waals surface area (Å²) in [5.41, 5.74) is 2.48. The molecule has 5 heteroatoms. The smallest absolute Gasteiger partial charge is 0.224 e. The summed E-state index contributed by atoms with van der Waals surface area (Å²) in [6, 6.07) is 0.252. The average Bonchev–Trinajstić information content (AvgIpc) is 2.20. The van der Waals surface area contributed by atoms with Crippen LogP contribution in [0.4, 0.5) is 11.5 Å². The van der Waals surface area contributed by atoms with Crippen LogP contribution >= 0.6 is 11.6 Å². The van der Waals surface area contributed by atoms with Crippen molar-refractivity contribution in [3.05, 3.63) is 23.8 Å². The highest BCUT2D eigenvalue weighted by molar-refractivity contribution is 6.28. The molecule has 16 heavy (non-hydrogen) atoms. The molecule has 1 aliphatic heterocycles. The minimum absolute atomic E-state index is 0.229. The molecule has 2 heterocycles. The van der Waals surface area contributed by atoms with E-state index in [2.05, 4.69) is 35.4 Å². The largest absolute Gasteiger partial charge is 0.321 e. The highest BCUT2D eigenvalue weighted by atomic mass is 35.5. The van der Waals surface area contributed by atoms with Crippen molar-refractivity contribution in [1.82, 2.24) is 9.97 Å². The van der Waals surface area contributed by atoms with E-state index in [1.54, 1.807) is 6.20 Å². The maximum absolute atomic E-state index is 5.80. The van der Waals surface area contributed by atoms with E-state index in [1.807, 2.05) is 11.8 Å². The minimum Gasteiger partial charge on any atom is -0.321 e. The number of hydrogen-bond acceptors (Lipinski definition) is 4. The van der Waals surface area contributed by atoms with E-state index in [4.69, 9.17) is 11.6 Å². The van der Waals surface area contributed by atoms with Gasteiger partial charge in [-0.15, -0.1) is 0 Å². The van der Waals surface area contributed by atoms with Crippen molar-refractivity contribution in [2.45, 2.75) is 26.8 Å². The van der Waals surface area contributed by atoms with Crippen molar-refractivity contribution in [3.8, 4) is 0 Å². The van der Waals surface area contributed by atoms with E-state index in [0.717, 1.165) is 22.9 Å². The standard InChI is InChI=1S/C11H13ClN4/c1-6(2)16-8(4)7(3)14-9-5-13-11(12)15-10(9)16/h5-6H,4H2,1-3H3. The van der Waals surface area contributed by atoms with Crippen LogP contribution in [0.3, 0.4) is 0 Å². The topological polar surface area (TPSA) is 41.4 Å². The molecular formula is C11H13ClN4. The fraction of sp³-hybridized carbons (Fsp3) is 0.364. The summed E-state index contributed by atoms with van der Waals surface area (Å²) in [4.78, 5) is 14.6. The van der Waals surface area contributed by atoms with Gasteiger partial charge in [0.1, 0.15) is 5.69 Å². The predicted octanol–water partition coefficient (Wildman–Crippen LogP) is 2.96. The maximum atomic E-state index is 5.80. The van der Waals surface area contributed by atoms with Crippen molar-refractivity contribution in [2.75, 3.05) is 4.90 Å². The van der Waals surface area contributed by atoms with E-state index in [-0.39, 0.29) is 11.3 Å². The summed E-state index contributed by atoms with van der Waals surface area (Å²) in [6.45, 7) is 10.1. The first-order valence-corrected chi connectivity index (χ1v) is 5.45. The van der Waals surface area contributed by atoms with Crippen molar-refractivity contribution in [3.63, 3.8) is 0 Å². The monoisotopic (exact) mass is 236 g/mol. The minimum atomic E-state index is 0.229. The van der Waals surface area contributed by atoms with Crippen LogP contribution in [0.15, 0.2) is 23.5 Å². The SMILES string of the molecule is C=C1C(C)=Nc2cnc(Cl)nc2N1C(C)C. The Bertz CT molecular complexity index is 479. The van der Waals surface area contributed by atoms with Gasteiger partial charge in [-0.25, -0.2) is 9.98 Å². The zero-order valence-electron chi connectivity index (χ0n) is 9.53. The van der Waals surface area contributed by atoms with Crippen LogP contribution in [0.2, 0.25) is 5.28 Å². The molecule has 0 N–H and O–H groups in total. The van der Waals surface area contributed by atoms with Crippen LogP contribution in [0.25, 0.3) is 0 Å². The normalized spacial score (nSPS) is 15.2. The summed E-state index contributed by atoms with van der Waals surface area (Å²) in [5, 5.41) is 0.229. The first kappa shape index (κ1) is 11.1. The van der Waals surface area contributed by atoms with Crippen LogP contribution < -0.4 is 4.90 Å². The summed E-state index contributed by atoms with van der Waals surface area (Å²) in [7, 11) is 0. The zero-order valence-corrected chi connectivity index (χ0v) is 10.3. The third-order valence-corrected chi connectivity index (χ3v) is 2.64. The quantitative estimate of drug-likeness (QED) is 0.704. The van der Waals surface area contributed by atoms with Crippen LogP contribution in [0.1, 0.15) is 20.8 Å². The third kappa shape index (κ3) is 1.69. The van der Waals surface area contributed by atoms with Gasteiger partial charge in [0, 0.05) is 6.04 Å². The molecule has 2 rings (SSSR count). The lowest BCUT2D eigenvalue weighted by Gasteiger charge is -2.33. The summed E-state index contributed by atoms with van der Waals surface area (Å²) in [6.07, 6.45) is 1.63. The molecule has 0 atom stereocenters. The average molecular weight is 237 g/mol. The molecule has 4 nitrogen and oxygen atoms in total. The number of halogens is 1. The van der Waals surface area contributed by atoms with Gasteiger partial charge in [0.05, 0.1) is 17.6 Å². The van der Waals surface area contributed by atoms with Crippen molar-refractivity contribution in [1.29, 1.82) is 0 Å². The van der Waals surface area contributed by atoms with Crippen LogP contribution in [-0.2, 0) is 0 Å². The van der Waals surface area contributed by atoms with E-state index in [9.17, 15) is 0 Å². The van der Waals surface area contributed by atoms with E-state index >= 15 is 0 Å². The van der Waals surface area contributed by atoms with E-state index in [1.165, 1.54) is 0 Å². The van der Waals surface area contributed by atoms with Gasteiger partial charge in [-0.3, -0.25) is 0 Å². The number of hydrogen-bond donors (Lipinski definition) is 0. The molecule has 0 amide bonds. The van der Waals surface area contributed by atoms with Crippen molar-refractivity contribution >= 4 is 28.8 Å². The van der Waals surface area contributed by atoms with Crippen LogP contribution in [0.5, 0.6) is 0 Å². The van der Waals surface area contributed by atoms with Crippen LogP contribution in [0, 0.1) is 0 Å². The molecule has 0 radical (unpaired) electrons. The molecule has 0 unspecified atom stereocenters. The summed E-state index contributed by atoms with van der Waals surface area (Å²) >= 11 is 5.80. The van der Waals surface area contributed by atoms with Gasteiger partial charge in [0.2, 0.25) is 5.28 Å². The Morgan fingerprint density at radius 1 is 1.44 bits per heavy atom. The van der Waals surface area contributed by atoms with Gasteiger partial charge in [0.25, 0.3) is 0 Å². The van der Waals surface area contributed by atoms with Gasteiger partial charge in [-0.2, -0.15) is 4.98 Å². The molecule has 0 saturated heterocycles. The second-order valence-electron chi connectivity index (χ2n) is 3.96. The van der Waals surface area contributed by atoms with E-state index in [0.29, 0.717) is 0 Å². The summed E-state index contributed by atoms with van der Waals surface area (Å²) in [5.74, 6) is 0.727. The van der Waals surface area contributed by atoms with Gasteiger partial charge >= 0.3 is 0 Å². The molecule has 0 bridgehead atoms. The van der Waals surface area contributed by atoms with Crippen molar-refractivity contribution in [2.24, 2.45) is 4.99 Å². The fourth-order valence-corrected chi connectivity index (χ4v) is 1.83. The number of aliphatic imine (C=N–C) groups is 1. The number of aromatic nitrogens is 2. The van der Waals surface area contributed by atoms with Gasteiger partial charge < -0.3 is 4.90 Å². The van der Waals surface area contributed by atoms with Gasteiger partial charge in [-0.05, 0) is 32.4 Å². The third-order valence-electron chi connectivity index (χ3n) is 2.46. The van der Waals surface area contributed by atoms with Gasteiger partial charge in [0.15, 0.2) is 5.82 Å².